The van der Waals surface area contributed by atoms with Gasteiger partial charge in [-0.2, -0.15) is 0 Å². The molecule has 3 aromatic carbocycles. The summed E-state index contributed by atoms with van der Waals surface area (Å²) in [5.74, 6) is 0.794. The average Bonchev–Trinajstić information content (AvgIpc) is 3.16. The van der Waals surface area contributed by atoms with Crippen molar-refractivity contribution in [3.05, 3.63) is 100 Å². The molecule has 6 nitrogen and oxygen atoms in total. The predicted octanol–water partition coefficient (Wildman–Crippen LogP) is 4.52. The number of rotatable bonds is 7. The van der Waals surface area contributed by atoms with Crippen LogP contribution in [0.3, 0.4) is 0 Å². The highest BCUT2D eigenvalue weighted by Gasteiger charge is 2.38. The number of benzene rings is 3. The van der Waals surface area contributed by atoms with Crippen molar-refractivity contribution in [2.75, 3.05) is 13.2 Å². The van der Waals surface area contributed by atoms with Gasteiger partial charge in [-0.3, -0.25) is 0 Å². The minimum Gasteiger partial charge on any atom is -0.491 e. The number of hydrogen-bond donors (Lipinski definition) is 3. The highest BCUT2D eigenvalue weighted by atomic mass is 16.6. The lowest BCUT2D eigenvalue weighted by Crippen LogP contribution is -2.44. The van der Waals surface area contributed by atoms with E-state index in [1.54, 1.807) is 0 Å². The van der Waals surface area contributed by atoms with Gasteiger partial charge in [-0.1, -0.05) is 54.6 Å². The van der Waals surface area contributed by atoms with Gasteiger partial charge in [-0.05, 0) is 72.7 Å². The van der Waals surface area contributed by atoms with E-state index in [4.69, 9.17) is 14.2 Å². The third-order valence-electron chi connectivity index (χ3n) is 7.57. The molecule has 2 aliphatic rings. The summed E-state index contributed by atoms with van der Waals surface area (Å²) in [6.45, 7) is 6.49. The van der Waals surface area contributed by atoms with Crippen LogP contribution in [0.2, 0.25) is 0 Å². The molecule has 196 valence electrons. The molecular formula is C31H36O6. The van der Waals surface area contributed by atoms with Gasteiger partial charge in [-0.25, -0.2) is 0 Å². The van der Waals surface area contributed by atoms with Gasteiger partial charge < -0.3 is 29.5 Å². The van der Waals surface area contributed by atoms with Crippen molar-refractivity contribution >= 4 is 0 Å². The van der Waals surface area contributed by atoms with Crippen molar-refractivity contribution in [2.45, 2.75) is 69.7 Å². The Morgan fingerprint density at radius 1 is 1.00 bits per heavy atom. The molecule has 5 rings (SSSR count). The van der Waals surface area contributed by atoms with Crippen LogP contribution in [0.25, 0.3) is 0 Å². The topological polar surface area (TPSA) is 88.4 Å². The summed E-state index contributed by atoms with van der Waals surface area (Å²) in [5.41, 5.74) is 6.25. The lowest BCUT2D eigenvalue weighted by Gasteiger charge is -2.37. The van der Waals surface area contributed by atoms with Gasteiger partial charge in [0.05, 0.1) is 24.4 Å². The summed E-state index contributed by atoms with van der Waals surface area (Å²) < 4.78 is 18.2. The Morgan fingerprint density at radius 2 is 1.76 bits per heavy atom. The SMILES string of the molecule is Cc1ccc([C@@H]2O[C@H](CO)C[C@H](O)[C@H]2O)cc1Cc1ccc(OC[C@@H]2OC(C)(C)c3ccccc32)cc1. The summed E-state index contributed by atoms with van der Waals surface area (Å²) in [7, 11) is 0. The van der Waals surface area contributed by atoms with E-state index in [2.05, 4.69) is 45.0 Å². The molecule has 0 saturated carbocycles. The fourth-order valence-electron chi connectivity index (χ4n) is 5.43. The fourth-order valence-corrected chi connectivity index (χ4v) is 5.43. The van der Waals surface area contributed by atoms with Gasteiger partial charge in [0.25, 0.3) is 0 Å². The summed E-state index contributed by atoms with van der Waals surface area (Å²) in [6, 6.07) is 22.4. The molecule has 1 fully saturated rings. The monoisotopic (exact) mass is 504 g/mol. The second-order valence-corrected chi connectivity index (χ2v) is 10.7. The highest BCUT2D eigenvalue weighted by Crippen LogP contribution is 2.43. The van der Waals surface area contributed by atoms with E-state index >= 15 is 0 Å². The molecule has 3 aromatic rings. The first kappa shape index (κ1) is 25.9. The van der Waals surface area contributed by atoms with Crippen LogP contribution < -0.4 is 4.74 Å². The summed E-state index contributed by atoms with van der Waals surface area (Å²) in [4.78, 5) is 0. The van der Waals surface area contributed by atoms with Crippen molar-refractivity contribution in [1.82, 2.24) is 0 Å². The normalized spacial score (nSPS) is 26.6. The van der Waals surface area contributed by atoms with Crippen LogP contribution in [0.1, 0.15) is 65.9 Å². The smallest absolute Gasteiger partial charge is 0.119 e. The second-order valence-electron chi connectivity index (χ2n) is 10.7. The van der Waals surface area contributed by atoms with Crippen LogP contribution >= 0.6 is 0 Å². The molecule has 0 unspecified atom stereocenters. The molecule has 5 atom stereocenters. The van der Waals surface area contributed by atoms with Crippen molar-refractivity contribution in [3.8, 4) is 5.75 Å². The predicted molar refractivity (Wildman–Crippen MR) is 141 cm³/mol. The minimum absolute atomic E-state index is 0.0995. The first-order valence-corrected chi connectivity index (χ1v) is 13.0. The van der Waals surface area contributed by atoms with E-state index in [9.17, 15) is 15.3 Å². The van der Waals surface area contributed by atoms with Crippen LogP contribution in [-0.2, 0) is 21.5 Å². The number of aliphatic hydroxyl groups is 3. The first-order valence-electron chi connectivity index (χ1n) is 13.0. The summed E-state index contributed by atoms with van der Waals surface area (Å²) >= 11 is 0. The first-order chi connectivity index (χ1) is 17.7. The van der Waals surface area contributed by atoms with Crippen molar-refractivity contribution < 1.29 is 29.5 Å². The maximum absolute atomic E-state index is 10.5. The zero-order valence-electron chi connectivity index (χ0n) is 21.6. The number of aliphatic hydroxyl groups excluding tert-OH is 3. The van der Waals surface area contributed by atoms with Gasteiger partial charge in [0.2, 0.25) is 0 Å². The molecule has 2 aliphatic heterocycles. The second kappa shape index (κ2) is 10.6. The third-order valence-corrected chi connectivity index (χ3v) is 7.57. The van der Waals surface area contributed by atoms with E-state index < -0.39 is 24.4 Å². The molecule has 0 aromatic heterocycles. The summed E-state index contributed by atoms with van der Waals surface area (Å²) in [6.07, 6.45) is -2.30. The molecule has 37 heavy (non-hydrogen) atoms. The molecule has 6 heteroatoms. The number of ether oxygens (including phenoxy) is 3. The van der Waals surface area contributed by atoms with E-state index in [1.165, 1.54) is 11.1 Å². The molecule has 0 spiro atoms. The van der Waals surface area contributed by atoms with E-state index in [0.717, 1.165) is 28.0 Å². The summed E-state index contributed by atoms with van der Waals surface area (Å²) in [5, 5.41) is 30.2. The van der Waals surface area contributed by atoms with E-state index in [-0.39, 0.29) is 24.7 Å². The Balaban J connectivity index is 1.25. The molecule has 3 N–H and O–H groups in total. The number of aryl methyl sites for hydroxylation is 1. The molecule has 0 bridgehead atoms. The molecule has 0 aliphatic carbocycles. The van der Waals surface area contributed by atoms with Crippen LogP contribution in [0.15, 0.2) is 66.7 Å². The van der Waals surface area contributed by atoms with Crippen LogP contribution in [0.5, 0.6) is 5.75 Å². The van der Waals surface area contributed by atoms with Gasteiger partial charge in [0, 0.05) is 6.42 Å². The van der Waals surface area contributed by atoms with Crippen molar-refractivity contribution in [3.63, 3.8) is 0 Å². The van der Waals surface area contributed by atoms with Crippen LogP contribution in [0.4, 0.5) is 0 Å². The van der Waals surface area contributed by atoms with Gasteiger partial charge in [-0.15, -0.1) is 0 Å². The lowest BCUT2D eigenvalue weighted by molar-refractivity contribution is -0.179. The quantitative estimate of drug-likeness (QED) is 0.439. The molecule has 0 amide bonds. The average molecular weight is 505 g/mol. The molecule has 1 saturated heterocycles. The Kier molecular flexibility index (Phi) is 7.39. The van der Waals surface area contributed by atoms with E-state index in [0.29, 0.717) is 13.0 Å². The Morgan fingerprint density at radius 3 is 2.51 bits per heavy atom. The lowest BCUT2D eigenvalue weighted by atomic mass is 9.90. The van der Waals surface area contributed by atoms with Crippen molar-refractivity contribution in [2.24, 2.45) is 0 Å². The number of fused-ring (bicyclic) bond motifs is 1. The van der Waals surface area contributed by atoms with Gasteiger partial charge >= 0.3 is 0 Å². The highest BCUT2D eigenvalue weighted by molar-refractivity contribution is 5.39. The molecular weight excluding hydrogens is 468 g/mol. The molecule has 2 heterocycles. The maximum atomic E-state index is 10.5. The minimum atomic E-state index is -1.03. The zero-order chi connectivity index (χ0) is 26.2. The van der Waals surface area contributed by atoms with Crippen LogP contribution in [0, 0.1) is 6.92 Å². The van der Waals surface area contributed by atoms with Gasteiger partial charge in [0.1, 0.15) is 30.7 Å². The molecule has 0 radical (unpaired) electrons. The standard InChI is InChI=1S/C31H36O6/c1-19-8-11-21(30-29(34)27(33)16-24(17-32)36-30)15-22(19)14-20-9-12-23(13-10-20)35-18-28-25-6-4-5-7-26(25)31(2,3)37-28/h4-13,15,24,27-30,32-34H,14,16-18H2,1-3H3/t24-,27-,28-,29+,30-/m0/s1. The third kappa shape index (κ3) is 5.44. The van der Waals surface area contributed by atoms with Crippen molar-refractivity contribution in [1.29, 1.82) is 0 Å². The Labute approximate surface area is 218 Å². The zero-order valence-corrected chi connectivity index (χ0v) is 21.6. The maximum Gasteiger partial charge on any atom is 0.119 e. The largest absolute Gasteiger partial charge is 0.491 e. The van der Waals surface area contributed by atoms with Crippen LogP contribution in [-0.4, -0.2) is 46.8 Å². The van der Waals surface area contributed by atoms with E-state index in [1.807, 2.05) is 42.5 Å². The Hall–Kier alpha value is -2.74. The number of hydrogen-bond acceptors (Lipinski definition) is 6. The fraction of sp³-hybridized carbons (Fsp3) is 0.419. The van der Waals surface area contributed by atoms with Gasteiger partial charge in [0.15, 0.2) is 0 Å². The Bertz CT molecular complexity index is 1220.